The number of rotatable bonds is 3. The molecule has 0 aliphatic carbocycles. The van der Waals surface area contributed by atoms with Gasteiger partial charge in [0.05, 0.1) is 0 Å². The predicted octanol–water partition coefficient (Wildman–Crippen LogP) is 1.27. The van der Waals surface area contributed by atoms with Crippen LogP contribution in [0.5, 0.6) is 0 Å². The molecule has 2 heteroatoms. The summed E-state index contributed by atoms with van der Waals surface area (Å²) in [7, 11) is 0. The highest BCUT2D eigenvalue weighted by molar-refractivity contribution is 4.42. The Morgan fingerprint density at radius 1 is 1.11 bits per heavy atom. The summed E-state index contributed by atoms with van der Waals surface area (Å²) in [4.78, 5) is 2.15. The van der Waals surface area contributed by atoms with Gasteiger partial charge < -0.3 is 5.73 Å². The number of nitrogens with two attached hydrogens (primary N) is 1. The van der Waals surface area contributed by atoms with Crippen molar-refractivity contribution in [1.29, 1.82) is 0 Å². The smallest absolute Gasteiger partial charge is 0.0454 e. The van der Waals surface area contributed by atoms with Gasteiger partial charge in [-0.2, -0.15) is 0 Å². The summed E-state index contributed by atoms with van der Waals surface area (Å²) in [5.41, 5.74) is 5.32. The van der Waals surface area contributed by atoms with Gasteiger partial charge in [0.1, 0.15) is 0 Å². The zero-order valence-electron chi connectivity index (χ0n) is 7.15. The Labute approximate surface area is 59.0 Å². The zero-order chi connectivity index (χ0) is 7.70. The van der Waals surface area contributed by atoms with Crippen molar-refractivity contribution >= 4 is 0 Å². The minimum atomic E-state index is 0.688. The molecule has 0 bridgehead atoms. The molecule has 2 nitrogen and oxygen atoms in total. The third-order valence-corrected chi connectivity index (χ3v) is 1.15. The molecule has 0 aromatic heterocycles. The first kappa shape index (κ1) is 11.7. The molecule has 0 atom stereocenters. The van der Waals surface area contributed by atoms with Crippen molar-refractivity contribution in [3.05, 3.63) is 0 Å². The van der Waals surface area contributed by atoms with Crippen LogP contribution in [0.1, 0.15) is 27.7 Å². The van der Waals surface area contributed by atoms with Gasteiger partial charge in [-0.3, -0.25) is 4.90 Å². The van der Waals surface area contributed by atoms with Gasteiger partial charge in [0.2, 0.25) is 0 Å². The normalized spacial score (nSPS) is 8.67. The van der Waals surface area contributed by atoms with Crippen molar-refractivity contribution in [3.8, 4) is 0 Å². The Kier molecular flexibility index (Phi) is 14.0. The van der Waals surface area contributed by atoms with Crippen LogP contribution >= 0.6 is 0 Å². The molecule has 0 aromatic rings. The fraction of sp³-hybridized carbons (Fsp3) is 1.00. The van der Waals surface area contributed by atoms with Crippen molar-refractivity contribution in [2.24, 2.45) is 5.73 Å². The molecule has 0 unspecified atom stereocenters. The van der Waals surface area contributed by atoms with Crippen LogP contribution < -0.4 is 5.73 Å². The van der Waals surface area contributed by atoms with Crippen LogP contribution in [-0.2, 0) is 0 Å². The quantitative estimate of drug-likeness (QED) is 0.586. The first-order valence-corrected chi connectivity index (χ1v) is 3.77. The summed E-state index contributed by atoms with van der Waals surface area (Å²) in [6.45, 7) is 11.0. The van der Waals surface area contributed by atoms with Crippen LogP contribution in [0, 0.1) is 0 Å². The average Bonchev–Trinajstić information content (AvgIpc) is 1.96. The minimum absolute atomic E-state index is 0.688. The molecule has 0 radical (unpaired) electrons. The van der Waals surface area contributed by atoms with Crippen molar-refractivity contribution in [1.82, 2.24) is 4.90 Å². The molecule has 2 N–H and O–H groups in total. The molecule has 58 valence electrons. The molecule has 0 fully saturated rings. The van der Waals surface area contributed by atoms with E-state index in [1.807, 2.05) is 13.8 Å². The second kappa shape index (κ2) is 10.8. The second-order valence-corrected chi connectivity index (χ2v) is 1.49. The van der Waals surface area contributed by atoms with Crippen molar-refractivity contribution in [2.45, 2.75) is 27.7 Å². The zero-order valence-corrected chi connectivity index (χ0v) is 7.15. The largest absolute Gasteiger partial charge is 0.318 e. The number of hydrogen-bond acceptors (Lipinski definition) is 2. The lowest BCUT2D eigenvalue weighted by atomic mass is 10.6. The molecular formula is C7H20N2. The molecule has 0 heterocycles. The van der Waals surface area contributed by atoms with Gasteiger partial charge >= 0.3 is 0 Å². The van der Waals surface area contributed by atoms with E-state index in [2.05, 4.69) is 18.7 Å². The highest BCUT2D eigenvalue weighted by atomic mass is 15.2. The summed E-state index contributed by atoms with van der Waals surface area (Å²) in [6.07, 6.45) is 0. The maximum Gasteiger partial charge on any atom is 0.0454 e. The second-order valence-electron chi connectivity index (χ2n) is 1.49. The Morgan fingerprint density at radius 3 is 1.44 bits per heavy atom. The molecule has 0 rings (SSSR count). The van der Waals surface area contributed by atoms with E-state index in [0.717, 1.165) is 13.1 Å². The average molecular weight is 132 g/mol. The van der Waals surface area contributed by atoms with Gasteiger partial charge in [-0.25, -0.2) is 0 Å². The van der Waals surface area contributed by atoms with E-state index in [1.165, 1.54) is 0 Å². The van der Waals surface area contributed by atoms with Crippen molar-refractivity contribution in [2.75, 3.05) is 19.8 Å². The molecule has 0 spiro atoms. The van der Waals surface area contributed by atoms with Crippen molar-refractivity contribution in [3.63, 3.8) is 0 Å². The molecule has 0 aliphatic heterocycles. The lowest BCUT2D eigenvalue weighted by Crippen LogP contribution is -2.29. The summed E-state index contributed by atoms with van der Waals surface area (Å²) in [6, 6.07) is 0. The van der Waals surface area contributed by atoms with Gasteiger partial charge in [0.15, 0.2) is 0 Å². The Morgan fingerprint density at radius 2 is 1.44 bits per heavy atom. The summed E-state index contributed by atoms with van der Waals surface area (Å²) in [5, 5.41) is 0. The van der Waals surface area contributed by atoms with Crippen LogP contribution in [0.25, 0.3) is 0 Å². The standard InChI is InChI=1S/C5H14N2.C2H6/c1-3-7(4-2)5-6;1-2/h3-6H2,1-2H3;1-2H3. The maximum absolute atomic E-state index is 5.32. The van der Waals surface area contributed by atoms with Crippen molar-refractivity contribution < 1.29 is 0 Å². The first-order valence-electron chi connectivity index (χ1n) is 3.77. The Balaban J connectivity index is 0. The number of hydrogen-bond donors (Lipinski definition) is 1. The lowest BCUT2D eigenvalue weighted by Gasteiger charge is -2.13. The summed E-state index contributed by atoms with van der Waals surface area (Å²) < 4.78 is 0. The van der Waals surface area contributed by atoms with E-state index >= 15 is 0 Å². The van der Waals surface area contributed by atoms with E-state index < -0.39 is 0 Å². The van der Waals surface area contributed by atoms with Gasteiger partial charge in [-0.1, -0.05) is 27.7 Å². The lowest BCUT2D eigenvalue weighted by molar-refractivity contribution is 0.313. The van der Waals surface area contributed by atoms with E-state index in [0.29, 0.717) is 6.67 Å². The van der Waals surface area contributed by atoms with Gasteiger partial charge in [0.25, 0.3) is 0 Å². The van der Waals surface area contributed by atoms with Gasteiger partial charge in [-0.05, 0) is 13.1 Å². The third kappa shape index (κ3) is 7.92. The Hall–Kier alpha value is -0.0800. The van der Waals surface area contributed by atoms with E-state index in [-0.39, 0.29) is 0 Å². The molecule has 0 aromatic carbocycles. The van der Waals surface area contributed by atoms with Gasteiger partial charge in [-0.15, -0.1) is 0 Å². The third-order valence-electron chi connectivity index (χ3n) is 1.15. The molecule has 0 amide bonds. The predicted molar refractivity (Wildman–Crippen MR) is 43.3 cm³/mol. The van der Waals surface area contributed by atoms with Crippen LogP contribution in [0.3, 0.4) is 0 Å². The van der Waals surface area contributed by atoms with E-state index in [4.69, 9.17) is 5.73 Å². The summed E-state index contributed by atoms with van der Waals surface area (Å²) in [5.74, 6) is 0. The van der Waals surface area contributed by atoms with Crippen LogP contribution in [-0.4, -0.2) is 24.7 Å². The van der Waals surface area contributed by atoms with Crippen LogP contribution in [0.15, 0.2) is 0 Å². The molecular weight excluding hydrogens is 112 g/mol. The highest BCUT2D eigenvalue weighted by Crippen LogP contribution is 1.77. The topological polar surface area (TPSA) is 29.3 Å². The SMILES string of the molecule is CC.CCN(CC)CN. The monoisotopic (exact) mass is 132 g/mol. The van der Waals surface area contributed by atoms with E-state index in [1.54, 1.807) is 0 Å². The molecule has 0 aliphatic rings. The summed E-state index contributed by atoms with van der Waals surface area (Å²) >= 11 is 0. The highest BCUT2D eigenvalue weighted by Gasteiger charge is 1.89. The Bertz CT molecular complexity index is 28.4. The molecule has 0 saturated heterocycles. The fourth-order valence-corrected chi connectivity index (χ4v) is 0.482. The van der Waals surface area contributed by atoms with Crippen LogP contribution in [0.4, 0.5) is 0 Å². The molecule has 0 saturated carbocycles. The van der Waals surface area contributed by atoms with Gasteiger partial charge in [0, 0.05) is 6.67 Å². The molecule has 9 heavy (non-hydrogen) atoms. The van der Waals surface area contributed by atoms with Crippen LogP contribution in [0.2, 0.25) is 0 Å². The maximum atomic E-state index is 5.32. The first-order chi connectivity index (χ1) is 4.35. The van der Waals surface area contributed by atoms with E-state index in [9.17, 15) is 0 Å². The number of nitrogens with zero attached hydrogens (tertiary/aromatic N) is 1. The fourth-order valence-electron chi connectivity index (χ4n) is 0.482. The minimum Gasteiger partial charge on any atom is -0.318 e.